The van der Waals surface area contributed by atoms with Gasteiger partial charge in [0, 0.05) is 28.7 Å². The minimum Gasteiger partial charge on any atom is -0.352 e. The number of nitrogens with one attached hydrogen (secondary N) is 2. The summed E-state index contributed by atoms with van der Waals surface area (Å²) < 4.78 is 0. The minimum atomic E-state index is -0.0651. The van der Waals surface area contributed by atoms with Crippen LogP contribution >= 0.6 is 11.3 Å². The van der Waals surface area contributed by atoms with E-state index in [1.165, 1.54) is 0 Å². The lowest BCUT2D eigenvalue weighted by Gasteiger charge is -2.09. The fourth-order valence-corrected chi connectivity index (χ4v) is 3.08. The van der Waals surface area contributed by atoms with Crippen molar-refractivity contribution in [1.29, 1.82) is 0 Å². The Labute approximate surface area is 145 Å². The fourth-order valence-electron chi connectivity index (χ4n) is 2.35. The van der Waals surface area contributed by atoms with Crippen molar-refractivity contribution in [1.82, 2.24) is 10.3 Å². The van der Waals surface area contributed by atoms with Gasteiger partial charge in [0.1, 0.15) is 0 Å². The highest BCUT2D eigenvalue weighted by molar-refractivity contribution is 7.14. The Morgan fingerprint density at radius 3 is 2.71 bits per heavy atom. The Bertz CT molecular complexity index is 843. The molecule has 4 nitrogen and oxygen atoms in total. The summed E-state index contributed by atoms with van der Waals surface area (Å²) in [5.74, 6) is -0.0651. The van der Waals surface area contributed by atoms with Crippen molar-refractivity contribution < 1.29 is 4.79 Å². The SMILES string of the molecule is CCNC(=O)c1ccc(C)c(Nc2nc(-c3ccccc3)cs2)c1. The summed E-state index contributed by atoms with van der Waals surface area (Å²) in [6.07, 6.45) is 0. The third-order valence-corrected chi connectivity index (χ3v) is 4.41. The second kappa shape index (κ2) is 7.27. The molecule has 24 heavy (non-hydrogen) atoms. The highest BCUT2D eigenvalue weighted by Crippen LogP contribution is 2.28. The molecule has 3 aromatic rings. The number of aromatic nitrogens is 1. The number of nitrogens with zero attached hydrogens (tertiary/aromatic N) is 1. The summed E-state index contributed by atoms with van der Waals surface area (Å²) in [6, 6.07) is 15.7. The number of hydrogen-bond donors (Lipinski definition) is 2. The molecule has 0 radical (unpaired) electrons. The lowest BCUT2D eigenvalue weighted by atomic mass is 10.1. The van der Waals surface area contributed by atoms with Gasteiger partial charge < -0.3 is 10.6 Å². The Kier molecular flexibility index (Phi) is 4.91. The molecule has 0 atom stereocenters. The predicted octanol–water partition coefficient (Wildman–Crippen LogP) is 4.61. The summed E-state index contributed by atoms with van der Waals surface area (Å²) in [6.45, 7) is 4.53. The number of amides is 1. The van der Waals surface area contributed by atoms with Crippen LogP contribution < -0.4 is 10.6 Å². The van der Waals surface area contributed by atoms with Gasteiger partial charge in [-0.15, -0.1) is 11.3 Å². The van der Waals surface area contributed by atoms with Gasteiger partial charge >= 0.3 is 0 Å². The van der Waals surface area contributed by atoms with Gasteiger partial charge in [-0.05, 0) is 31.5 Å². The maximum Gasteiger partial charge on any atom is 0.251 e. The van der Waals surface area contributed by atoms with Gasteiger partial charge in [-0.3, -0.25) is 4.79 Å². The first-order chi connectivity index (χ1) is 11.7. The molecule has 0 aliphatic rings. The highest BCUT2D eigenvalue weighted by Gasteiger charge is 2.09. The zero-order valence-electron chi connectivity index (χ0n) is 13.7. The van der Waals surface area contributed by atoms with E-state index in [2.05, 4.69) is 15.6 Å². The van der Waals surface area contributed by atoms with E-state index in [-0.39, 0.29) is 5.91 Å². The van der Waals surface area contributed by atoms with E-state index < -0.39 is 0 Å². The van der Waals surface area contributed by atoms with Crippen LogP contribution in [0, 0.1) is 6.92 Å². The Balaban J connectivity index is 1.82. The van der Waals surface area contributed by atoms with Crippen molar-refractivity contribution in [3.05, 3.63) is 65.0 Å². The van der Waals surface area contributed by atoms with Crippen molar-refractivity contribution in [3.8, 4) is 11.3 Å². The van der Waals surface area contributed by atoms with Crippen molar-refractivity contribution in [3.63, 3.8) is 0 Å². The quantitative estimate of drug-likeness (QED) is 0.715. The van der Waals surface area contributed by atoms with E-state index in [0.29, 0.717) is 12.1 Å². The summed E-state index contributed by atoms with van der Waals surface area (Å²) in [5.41, 5.74) is 4.65. The Morgan fingerprint density at radius 2 is 1.96 bits per heavy atom. The zero-order chi connectivity index (χ0) is 16.9. The van der Waals surface area contributed by atoms with Gasteiger partial charge in [0.25, 0.3) is 5.91 Å². The number of anilines is 2. The largest absolute Gasteiger partial charge is 0.352 e. The van der Waals surface area contributed by atoms with Crippen LogP contribution in [0.4, 0.5) is 10.8 Å². The standard InChI is InChI=1S/C19H19N3OS/c1-3-20-18(23)15-10-9-13(2)16(11-15)21-19-22-17(12-24-19)14-7-5-4-6-8-14/h4-12H,3H2,1-2H3,(H,20,23)(H,21,22). The predicted molar refractivity (Wildman–Crippen MR) is 100 cm³/mol. The third-order valence-electron chi connectivity index (χ3n) is 3.65. The average Bonchev–Trinajstić information content (AvgIpc) is 3.06. The van der Waals surface area contributed by atoms with Crippen LogP contribution in [0.5, 0.6) is 0 Å². The van der Waals surface area contributed by atoms with Crippen molar-refractivity contribution >= 4 is 28.1 Å². The smallest absolute Gasteiger partial charge is 0.251 e. The minimum absolute atomic E-state index is 0.0651. The second-order valence-corrected chi connectivity index (χ2v) is 6.28. The lowest BCUT2D eigenvalue weighted by molar-refractivity contribution is 0.0956. The zero-order valence-corrected chi connectivity index (χ0v) is 14.5. The number of rotatable bonds is 5. The van der Waals surface area contributed by atoms with Gasteiger partial charge in [-0.2, -0.15) is 0 Å². The van der Waals surface area contributed by atoms with E-state index in [1.807, 2.05) is 67.8 Å². The summed E-state index contributed by atoms with van der Waals surface area (Å²) in [4.78, 5) is 16.6. The van der Waals surface area contributed by atoms with Gasteiger partial charge in [0.05, 0.1) is 5.69 Å². The van der Waals surface area contributed by atoms with Crippen LogP contribution in [-0.4, -0.2) is 17.4 Å². The third kappa shape index (κ3) is 3.63. The Morgan fingerprint density at radius 1 is 1.17 bits per heavy atom. The first-order valence-electron chi connectivity index (χ1n) is 7.84. The molecule has 5 heteroatoms. The molecule has 0 saturated heterocycles. The maximum absolute atomic E-state index is 12.0. The fraction of sp³-hybridized carbons (Fsp3) is 0.158. The van der Waals surface area contributed by atoms with Gasteiger partial charge in [-0.1, -0.05) is 36.4 Å². The number of benzene rings is 2. The molecule has 0 unspecified atom stereocenters. The molecule has 0 bridgehead atoms. The van der Waals surface area contributed by atoms with Crippen molar-refractivity contribution in [2.75, 3.05) is 11.9 Å². The molecule has 0 spiro atoms. The van der Waals surface area contributed by atoms with Crippen LogP contribution in [-0.2, 0) is 0 Å². The molecular weight excluding hydrogens is 318 g/mol. The van der Waals surface area contributed by atoms with Gasteiger partial charge in [0.2, 0.25) is 0 Å². The van der Waals surface area contributed by atoms with Gasteiger partial charge in [0.15, 0.2) is 5.13 Å². The first kappa shape index (κ1) is 16.2. The van der Waals surface area contributed by atoms with Gasteiger partial charge in [-0.25, -0.2) is 4.98 Å². The second-order valence-electron chi connectivity index (χ2n) is 5.42. The lowest BCUT2D eigenvalue weighted by Crippen LogP contribution is -2.22. The molecule has 0 aliphatic heterocycles. The molecule has 1 heterocycles. The van der Waals surface area contributed by atoms with Crippen molar-refractivity contribution in [2.45, 2.75) is 13.8 Å². The van der Waals surface area contributed by atoms with Crippen LogP contribution in [0.3, 0.4) is 0 Å². The molecule has 0 saturated carbocycles. The molecule has 0 aliphatic carbocycles. The van der Waals surface area contributed by atoms with Crippen LogP contribution in [0.2, 0.25) is 0 Å². The molecular formula is C19H19N3OS. The topological polar surface area (TPSA) is 54.0 Å². The molecule has 1 amide bonds. The molecule has 1 aromatic heterocycles. The van der Waals surface area contributed by atoms with E-state index in [1.54, 1.807) is 11.3 Å². The number of carbonyl (C=O) groups excluding carboxylic acids is 1. The Hall–Kier alpha value is -2.66. The number of aryl methyl sites for hydroxylation is 1. The number of thiazole rings is 1. The van der Waals surface area contributed by atoms with Crippen molar-refractivity contribution in [2.24, 2.45) is 0 Å². The van der Waals surface area contributed by atoms with E-state index in [9.17, 15) is 4.79 Å². The van der Waals surface area contributed by atoms with Crippen LogP contribution in [0.1, 0.15) is 22.8 Å². The molecule has 0 fully saturated rings. The maximum atomic E-state index is 12.0. The van der Waals surface area contributed by atoms with Crippen LogP contribution in [0.15, 0.2) is 53.9 Å². The van der Waals surface area contributed by atoms with E-state index in [0.717, 1.165) is 27.6 Å². The highest BCUT2D eigenvalue weighted by atomic mass is 32.1. The van der Waals surface area contributed by atoms with Crippen LogP contribution in [0.25, 0.3) is 11.3 Å². The molecule has 3 rings (SSSR count). The number of hydrogen-bond acceptors (Lipinski definition) is 4. The molecule has 2 aromatic carbocycles. The average molecular weight is 337 g/mol. The van der Waals surface area contributed by atoms with E-state index in [4.69, 9.17) is 0 Å². The summed E-state index contributed by atoms with van der Waals surface area (Å²) in [5, 5.41) is 8.98. The normalized spacial score (nSPS) is 10.4. The monoisotopic (exact) mass is 337 g/mol. The molecule has 122 valence electrons. The molecule has 2 N–H and O–H groups in total. The van der Waals surface area contributed by atoms with E-state index >= 15 is 0 Å². The summed E-state index contributed by atoms with van der Waals surface area (Å²) >= 11 is 1.55. The first-order valence-corrected chi connectivity index (χ1v) is 8.72. The summed E-state index contributed by atoms with van der Waals surface area (Å²) in [7, 11) is 0. The number of carbonyl (C=O) groups is 1.